The lowest BCUT2D eigenvalue weighted by molar-refractivity contribution is -0.144. The SMILES string of the molecule is COC(=O)C(C)NC(=O)C(Cc1ccccc1)NC(=O)CN. The third kappa shape index (κ3) is 5.53. The molecule has 0 aromatic heterocycles. The van der Waals surface area contributed by atoms with E-state index in [0.29, 0.717) is 6.42 Å². The van der Waals surface area contributed by atoms with Crippen molar-refractivity contribution in [2.24, 2.45) is 5.73 Å². The van der Waals surface area contributed by atoms with E-state index in [-0.39, 0.29) is 6.54 Å². The van der Waals surface area contributed by atoms with Crippen molar-refractivity contribution in [2.45, 2.75) is 25.4 Å². The molecule has 120 valence electrons. The Morgan fingerprint density at radius 2 is 1.82 bits per heavy atom. The van der Waals surface area contributed by atoms with Gasteiger partial charge < -0.3 is 21.1 Å². The maximum atomic E-state index is 12.3. The molecule has 1 aromatic rings. The Hall–Kier alpha value is -2.41. The Bertz CT molecular complexity index is 519. The average molecular weight is 307 g/mol. The molecule has 0 aliphatic carbocycles. The van der Waals surface area contributed by atoms with Gasteiger partial charge in [-0.15, -0.1) is 0 Å². The lowest BCUT2D eigenvalue weighted by atomic mass is 10.0. The second-order valence-corrected chi connectivity index (χ2v) is 4.77. The number of amides is 2. The van der Waals surface area contributed by atoms with Crippen LogP contribution in [-0.2, 0) is 25.5 Å². The minimum absolute atomic E-state index is 0.217. The van der Waals surface area contributed by atoms with Gasteiger partial charge >= 0.3 is 5.97 Å². The van der Waals surface area contributed by atoms with Crippen LogP contribution in [0, 0.1) is 0 Å². The molecule has 0 aliphatic rings. The van der Waals surface area contributed by atoms with Gasteiger partial charge in [0.05, 0.1) is 13.7 Å². The van der Waals surface area contributed by atoms with E-state index in [4.69, 9.17) is 5.73 Å². The third-order valence-electron chi connectivity index (χ3n) is 3.03. The number of methoxy groups -OCH3 is 1. The summed E-state index contributed by atoms with van der Waals surface area (Å²) in [6, 6.07) is 7.61. The van der Waals surface area contributed by atoms with Crippen molar-refractivity contribution in [2.75, 3.05) is 13.7 Å². The molecule has 7 nitrogen and oxygen atoms in total. The number of nitrogens with one attached hydrogen (secondary N) is 2. The molecular formula is C15H21N3O4. The molecule has 22 heavy (non-hydrogen) atoms. The maximum absolute atomic E-state index is 12.3. The molecule has 2 unspecified atom stereocenters. The Morgan fingerprint density at radius 1 is 1.18 bits per heavy atom. The van der Waals surface area contributed by atoms with E-state index >= 15 is 0 Å². The van der Waals surface area contributed by atoms with Crippen LogP contribution in [0.2, 0.25) is 0 Å². The van der Waals surface area contributed by atoms with Crippen LogP contribution < -0.4 is 16.4 Å². The van der Waals surface area contributed by atoms with Crippen molar-refractivity contribution in [1.82, 2.24) is 10.6 Å². The summed E-state index contributed by atoms with van der Waals surface area (Å²) < 4.78 is 4.55. The zero-order valence-electron chi connectivity index (χ0n) is 12.7. The number of benzene rings is 1. The molecule has 0 fully saturated rings. The Morgan fingerprint density at radius 3 is 2.36 bits per heavy atom. The topological polar surface area (TPSA) is 111 Å². The fourth-order valence-corrected chi connectivity index (χ4v) is 1.86. The highest BCUT2D eigenvalue weighted by molar-refractivity contribution is 5.91. The van der Waals surface area contributed by atoms with Crippen molar-refractivity contribution in [1.29, 1.82) is 0 Å². The lowest BCUT2D eigenvalue weighted by Gasteiger charge is -2.20. The predicted octanol–water partition coefficient (Wildman–Crippen LogP) is -0.650. The molecule has 0 saturated carbocycles. The lowest BCUT2D eigenvalue weighted by Crippen LogP contribution is -2.52. The van der Waals surface area contributed by atoms with Crippen LogP contribution in [0.15, 0.2) is 30.3 Å². The van der Waals surface area contributed by atoms with Crippen molar-refractivity contribution >= 4 is 17.8 Å². The molecule has 0 spiro atoms. The largest absolute Gasteiger partial charge is 0.467 e. The summed E-state index contributed by atoms with van der Waals surface area (Å²) in [6.07, 6.45) is 0.298. The van der Waals surface area contributed by atoms with Crippen molar-refractivity contribution < 1.29 is 19.1 Å². The zero-order chi connectivity index (χ0) is 16.5. The first-order chi connectivity index (χ1) is 10.5. The summed E-state index contributed by atoms with van der Waals surface area (Å²) >= 11 is 0. The van der Waals surface area contributed by atoms with Crippen LogP contribution in [0.1, 0.15) is 12.5 Å². The zero-order valence-corrected chi connectivity index (χ0v) is 12.7. The van der Waals surface area contributed by atoms with Gasteiger partial charge in [-0.1, -0.05) is 30.3 Å². The molecule has 2 amide bonds. The number of hydrogen-bond acceptors (Lipinski definition) is 5. The molecule has 0 heterocycles. The summed E-state index contributed by atoms with van der Waals surface area (Å²) in [4.78, 5) is 35.1. The van der Waals surface area contributed by atoms with E-state index in [2.05, 4.69) is 15.4 Å². The number of carbonyl (C=O) groups excluding carboxylic acids is 3. The van der Waals surface area contributed by atoms with Gasteiger partial charge in [-0.3, -0.25) is 9.59 Å². The fourth-order valence-electron chi connectivity index (χ4n) is 1.86. The van der Waals surface area contributed by atoms with E-state index in [1.54, 1.807) is 0 Å². The highest BCUT2D eigenvalue weighted by Crippen LogP contribution is 2.04. The van der Waals surface area contributed by atoms with E-state index in [0.717, 1.165) is 5.56 Å². The summed E-state index contributed by atoms with van der Waals surface area (Å²) in [6.45, 7) is 1.29. The molecule has 2 atom stereocenters. The molecule has 1 aromatic carbocycles. The Labute approximate surface area is 129 Å². The van der Waals surface area contributed by atoms with Gasteiger partial charge in [-0.05, 0) is 12.5 Å². The smallest absolute Gasteiger partial charge is 0.328 e. The summed E-state index contributed by atoms with van der Waals surface area (Å²) in [5.74, 6) is -1.47. The first-order valence-electron chi connectivity index (χ1n) is 6.89. The van der Waals surface area contributed by atoms with Crippen LogP contribution >= 0.6 is 0 Å². The fraction of sp³-hybridized carbons (Fsp3) is 0.400. The summed E-state index contributed by atoms with van der Waals surface area (Å²) in [5.41, 5.74) is 6.15. The minimum Gasteiger partial charge on any atom is -0.467 e. The second kappa shape index (κ2) is 8.78. The standard InChI is InChI=1S/C15H21N3O4/c1-10(15(21)22-2)17-14(20)12(18-13(19)9-16)8-11-6-4-3-5-7-11/h3-7,10,12H,8-9,16H2,1-2H3,(H,17,20)(H,18,19). The van der Waals surface area contributed by atoms with Gasteiger partial charge in [0.25, 0.3) is 0 Å². The normalized spacial score (nSPS) is 12.9. The number of carbonyl (C=O) groups is 3. The van der Waals surface area contributed by atoms with Crippen molar-refractivity contribution in [3.63, 3.8) is 0 Å². The monoisotopic (exact) mass is 307 g/mol. The Balaban J connectivity index is 2.78. The van der Waals surface area contributed by atoms with Gasteiger partial charge in [0, 0.05) is 6.42 Å². The third-order valence-corrected chi connectivity index (χ3v) is 3.03. The first-order valence-corrected chi connectivity index (χ1v) is 6.89. The van der Waals surface area contributed by atoms with Crippen molar-refractivity contribution in [3.8, 4) is 0 Å². The van der Waals surface area contributed by atoms with E-state index in [1.165, 1.54) is 14.0 Å². The molecule has 7 heteroatoms. The number of esters is 1. The molecule has 0 saturated heterocycles. The predicted molar refractivity (Wildman–Crippen MR) is 80.8 cm³/mol. The number of nitrogens with two attached hydrogens (primary N) is 1. The first kappa shape index (κ1) is 17.6. The van der Waals surface area contributed by atoms with Crippen LogP contribution in [0.25, 0.3) is 0 Å². The maximum Gasteiger partial charge on any atom is 0.328 e. The van der Waals surface area contributed by atoms with Gasteiger partial charge in [0.2, 0.25) is 11.8 Å². The highest BCUT2D eigenvalue weighted by atomic mass is 16.5. The van der Waals surface area contributed by atoms with Crippen molar-refractivity contribution in [3.05, 3.63) is 35.9 Å². The average Bonchev–Trinajstić information content (AvgIpc) is 2.53. The number of ether oxygens (including phenoxy) is 1. The molecular weight excluding hydrogens is 286 g/mol. The minimum atomic E-state index is -0.814. The molecule has 0 bridgehead atoms. The van der Waals surface area contributed by atoms with Gasteiger partial charge in [-0.2, -0.15) is 0 Å². The quantitative estimate of drug-likeness (QED) is 0.580. The second-order valence-electron chi connectivity index (χ2n) is 4.77. The molecule has 1 rings (SSSR count). The van der Waals surface area contributed by atoms with Crippen LogP contribution in [-0.4, -0.2) is 43.5 Å². The highest BCUT2D eigenvalue weighted by Gasteiger charge is 2.24. The number of rotatable bonds is 7. The molecule has 0 aliphatic heterocycles. The molecule has 0 radical (unpaired) electrons. The van der Waals surface area contributed by atoms with Gasteiger partial charge in [0.15, 0.2) is 0 Å². The van der Waals surface area contributed by atoms with Crippen LogP contribution in [0.3, 0.4) is 0 Å². The van der Waals surface area contributed by atoms with Crippen LogP contribution in [0.4, 0.5) is 0 Å². The van der Waals surface area contributed by atoms with E-state index in [1.807, 2.05) is 30.3 Å². The van der Waals surface area contributed by atoms with Gasteiger partial charge in [0.1, 0.15) is 12.1 Å². The molecule has 4 N–H and O–H groups in total. The Kier molecular flexibility index (Phi) is 7.04. The van der Waals surface area contributed by atoms with Gasteiger partial charge in [-0.25, -0.2) is 4.79 Å². The number of hydrogen-bond donors (Lipinski definition) is 3. The van der Waals surface area contributed by atoms with E-state index in [9.17, 15) is 14.4 Å². The summed E-state index contributed by atoms with van der Waals surface area (Å²) in [5, 5.41) is 5.06. The van der Waals surface area contributed by atoms with E-state index < -0.39 is 29.9 Å². The van der Waals surface area contributed by atoms with Crippen LogP contribution in [0.5, 0.6) is 0 Å². The summed E-state index contributed by atoms with van der Waals surface area (Å²) in [7, 11) is 1.24.